The highest BCUT2D eigenvalue weighted by Gasteiger charge is 2.16. The van der Waals surface area contributed by atoms with E-state index < -0.39 is 24.5 Å². The Hall–Kier alpha value is -3.82. The van der Waals surface area contributed by atoms with Gasteiger partial charge in [-0.15, -0.1) is 0 Å². The van der Waals surface area contributed by atoms with Crippen LogP contribution >= 0.6 is 0 Å². The Kier molecular flexibility index (Phi) is 9.27. The van der Waals surface area contributed by atoms with Gasteiger partial charge in [-0.3, -0.25) is 20.4 Å². The third-order valence-electron chi connectivity index (χ3n) is 3.98. The first-order valence-electron chi connectivity index (χ1n) is 9.63. The fraction of sp³-hybridized carbons (Fsp3) is 0.273. The maximum absolute atomic E-state index is 12.7. The second kappa shape index (κ2) is 12.1. The Labute approximate surface area is 184 Å². The number of hydrogen-bond acceptors (Lipinski definition) is 6. The minimum Gasteiger partial charge on any atom is -0.494 e. The predicted octanol–water partition coefficient (Wildman–Crippen LogP) is 3.32. The van der Waals surface area contributed by atoms with Gasteiger partial charge < -0.3 is 18.9 Å². The first-order valence-corrected chi connectivity index (χ1v) is 9.63. The van der Waals surface area contributed by atoms with Gasteiger partial charge in [0, 0.05) is 11.6 Å². The lowest BCUT2D eigenvalue weighted by Crippen LogP contribution is -2.46. The lowest BCUT2D eigenvalue weighted by Gasteiger charge is -2.15. The summed E-state index contributed by atoms with van der Waals surface area (Å²) in [5.74, 6) is -0.292. The summed E-state index contributed by atoms with van der Waals surface area (Å²) in [4.78, 5) is 24.1. The fourth-order valence-corrected chi connectivity index (χ4v) is 2.51. The third-order valence-corrected chi connectivity index (χ3v) is 3.98. The minimum absolute atomic E-state index is 0.0847. The van der Waals surface area contributed by atoms with Crippen molar-refractivity contribution in [3.05, 3.63) is 54.1 Å². The number of ether oxygens (including phenoxy) is 4. The molecule has 0 aliphatic carbocycles. The molecule has 10 heteroatoms. The predicted molar refractivity (Wildman–Crippen MR) is 113 cm³/mol. The molecule has 0 fully saturated rings. The van der Waals surface area contributed by atoms with Crippen molar-refractivity contribution in [2.45, 2.75) is 26.6 Å². The van der Waals surface area contributed by atoms with Gasteiger partial charge in [-0.2, -0.15) is 8.78 Å². The van der Waals surface area contributed by atoms with Crippen LogP contribution in [-0.2, 0) is 9.59 Å². The molecule has 0 bridgehead atoms. The van der Waals surface area contributed by atoms with Crippen LogP contribution in [0.3, 0.4) is 0 Å². The largest absolute Gasteiger partial charge is 0.494 e. The number of hydrazine groups is 1. The maximum Gasteiger partial charge on any atom is 0.387 e. The molecule has 0 saturated carbocycles. The molecule has 2 aromatic rings. The summed E-state index contributed by atoms with van der Waals surface area (Å²) in [7, 11) is 1.31. The summed E-state index contributed by atoms with van der Waals surface area (Å²) < 4.78 is 45.6. The Balaban J connectivity index is 1.90. The number of amides is 2. The Bertz CT molecular complexity index is 935. The topological polar surface area (TPSA) is 95.1 Å². The van der Waals surface area contributed by atoms with Crippen molar-refractivity contribution >= 4 is 17.9 Å². The molecule has 0 spiro atoms. The van der Waals surface area contributed by atoms with E-state index in [2.05, 4.69) is 15.6 Å². The van der Waals surface area contributed by atoms with Crippen LogP contribution in [0.2, 0.25) is 0 Å². The lowest BCUT2D eigenvalue weighted by atomic mass is 10.1. The Morgan fingerprint density at radius 2 is 1.72 bits per heavy atom. The van der Waals surface area contributed by atoms with E-state index in [4.69, 9.17) is 14.2 Å². The normalized spacial score (nSPS) is 11.7. The summed E-state index contributed by atoms with van der Waals surface area (Å²) in [6, 6.07) is 11.2. The van der Waals surface area contributed by atoms with E-state index in [1.807, 2.05) is 6.92 Å². The summed E-state index contributed by atoms with van der Waals surface area (Å²) in [5.41, 5.74) is 4.61. The number of hydrogen-bond donors (Lipinski definition) is 2. The van der Waals surface area contributed by atoms with Crippen LogP contribution < -0.4 is 29.8 Å². The number of nitrogens with one attached hydrogen (secondary N) is 2. The van der Waals surface area contributed by atoms with Crippen LogP contribution in [0, 0.1) is 0 Å². The molecule has 1 atom stereocenters. The standard InChI is InChI=1S/C22H24F2N2O6/c1-4-30-16-9-11-17(12-10-16)31-14(2)21(28)26-25-19(27)13-8-15-6-5-7-18(29-3)20(15)32-22(23)24/h5-14,22H,4H2,1-3H3,(H,25,27)(H,26,28). The molecule has 32 heavy (non-hydrogen) atoms. The van der Waals surface area contributed by atoms with Crippen LogP contribution in [-0.4, -0.2) is 38.2 Å². The van der Waals surface area contributed by atoms with Crippen LogP contribution in [0.25, 0.3) is 6.08 Å². The highest BCUT2D eigenvalue weighted by atomic mass is 19.3. The smallest absolute Gasteiger partial charge is 0.387 e. The lowest BCUT2D eigenvalue weighted by molar-refractivity contribution is -0.131. The molecule has 172 valence electrons. The SMILES string of the molecule is CCOc1ccc(OC(C)C(=O)NNC(=O)C=Cc2cccc(OC)c2OC(F)F)cc1. The second-order valence-corrected chi connectivity index (χ2v) is 6.23. The Morgan fingerprint density at radius 1 is 1.03 bits per heavy atom. The number of alkyl halides is 2. The van der Waals surface area contributed by atoms with E-state index >= 15 is 0 Å². The number of rotatable bonds is 10. The summed E-state index contributed by atoms with van der Waals surface area (Å²) in [6.07, 6.45) is 1.40. The minimum atomic E-state index is -3.07. The first-order chi connectivity index (χ1) is 15.3. The van der Waals surface area contributed by atoms with E-state index in [1.54, 1.807) is 30.3 Å². The van der Waals surface area contributed by atoms with Gasteiger partial charge in [0.1, 0.15) is 11.5 Å². The van der Waals surface area contributed by atoms with Gasteiger partial charge in [-0.1, -0.05) is 12.1 Å². The van der Waals surface area contributed by atoms with Crippen LogP contribution in [0.15, 0.2) is 48.5 Å². The van der Waals surface area contributed by atoms with Crippen molar-refractivity contribution < 1.29 is 37.3 Å². The molecule has 1 unspecified atom stereocenters. The van der Waals surface area contributed by atoms with Crippen LogP contribution in [0.1, 0.15) is 19.4 Å². The molecule has 2 aromatic carbocycles. The molecular formula is C22H24F2N2O6. The number of benzene rings is 2. The monoisotopic (exact) mass is 450 g/mol. The second-order valence-electron chi connectivity index (χ2n) is 6.23. The number of carbonyl (C=O) groups is 2. The highest BCUT2D eigenvalue weighted by molar-refractivity contribution is 5.94. The molecule has 0 radical (unpaired) electrons. The van der Waals surface area contributed by atoms with Gasteiger partial charge >= 0.3 is 6.61 Å². The average molecular weight is 450 g/mol. The van der Waals surface area contributed by atoms with E-state index in [-0.39, 0.29) is 17.1 Å². The first kappa shape index (κ1) is 24.4. The fourth-order valence-electron chi connectivity index (χ4n) is 2.51. The van der Waals surface area contributed by atoms with Crippen molar-refractivity contribution in [3.63, 3.8) is 0 Å². The number of para-hydroxylation sites is 1. The van der Waals surface area contributed by atoms with Crippen molar-refractivity contribution in [2.75, 3.05) is 13.7 Å². The molecule has 2 rings (SSSR count). The average Bonchev–Trinajstić information content (AvgIpc) is 2.77. The quantitative estimate of drug-likeness (QED) is 0.426. The number of halogens is 2. The molecular weight excluding hydrogens is 426 g/mol. The van der Waals surface area contributed by atoms with E-state index in [1.165, 1.54) is 32.2 Å². The summed E-state index contributed by atoms with van der Waals surface area (Å²) >= 11 is 0. The summed E-state index contributed by atoms with van der Waals surface area (Å²) in [6.45, 7) is 0.847. The van der Waals surface area contributed by atoms with Gasteiger partial charge in [-0.05, 0) is 50.3 Å². The van der Waals surface area contributed by atoms with Crippen LogP contribution in [0.4, 0.5) is 8.78 Å². The molecule has 0 aromatic heterocycles. The third kappa shape index (κ3) is 7.46. The highest BCUT2D eigenvalue weighted by Crippen LogP contribution is 2.33. The number of methoxy groups -OCH3 is 1. The van der Waals surface area contributed by atoms with Gasteiger partial charge in [0.05, 0.1) is 13.7 Å². The van der Waals surface area contributed by atoms with Crippen molar-refractivity contribution in [3.8, 4) is 23.0 Å². The molecule has 0 aliphatic rings. The van der Waals surface area contributed by atoms with E-state index in [0.717, 1.165) is 6.08 Å². The van der Waals surface area contributed by atoms with E-state index in [9.17, 15) is 18.4 Å². The van der Waals surface area contributed by atoms with Gasteiger partial charge in [0.2, 0.25) is 0 Å². The summed E-state index contributed by atoms with van der Waals surface area (Å²) in [5, 5.41) is 0. The zero-order valence-corrected chi connectivity index (χ0v) is 17.8. The van der Waals surface area contributed by atoms with Gasteiger partial charge in [0.25, 0.3) is 11.8 Å². The van der Waals surface area contributed by atoms with Crippen molar-refractivity contribution in [1.82, 2.24) is 10.9 Å². The molecule has 8 nitrogen and oxygen atoms in total. The zero-order chi connectivity index (χ0) is 23.5. The molecule has 2 amide bonds. The molecule has 0 heterocycles. The maximum atomic E-state index is 12.7. The number of carbonyl (C=O) groups excluding carboxylic acids is 2. The van der Waals surface area contributed by atoms with Crippen molar-refractivity contribution in [2.24, 2.45) is 0 Å². The van der Waals surface area contributed by atoms with E-state index in [0.29, 0.717) is 18.1 Å². The molecule has 2 N–H and O–H groups in total. The van der Waals surface area contributed by atoms with Gasteiger partial charge in [0.15, 0.2) is 17.6 Å². The zero-order valence-electron chi connectivity index (χ0n) is 17.8. The van der Waals surface area contributed by atoms with Crippen molar-refractivity contribution in [1.29, 1.82) is 0 Å². The van der Waals surface area contributed by atoms with Crippen LogP contribution in [0.5, 0.6) is 23.0 Å². The molecule has 0 aliphatic heterocycles. The van der Waals surface area contributed by atoms with Gasteiger partial charge in [-0.25, -0.2) is 0 Å². The molecule has 0 saturated heterocycles. The Morgan fingerprint density at radius 3 is 2.34 bits per heavy atom.